The third-order valence-corrected chi connectivity index (χ3v) is 5.31. The van der Waals surface area contributed by atoms with Gasteiger partial charge < -0.3 is 9.30 Å². The molecule has 6 heteroatoms. The quantitative estimate of drug-likeness (QED) is 0.318. The summed E-state index contributed by atoms with van der Waals surface area (Å²) in [5.74, 6) is -0.408. The van der Waals surface area contributed by atoms with Gasteiger partial charge in [-0.3, -0.25) is 0 Å². The molecule has 0 aliphatic rings. The van der Waals surface area contributed by atoms with Crippen LogP contribution in [0.25, 0.3) is 16.6 Å². The number of nitrogens with zero attached hydrogens (tertiary/aromatic N) is 4. The normalized spacial score (nSPS) is 11.6. The van der Waals surface area contributed by atoms with Gasteiger partial charge in [0.2, 0.25) is 0 Å². The number of carbonyl (C=O) groups excluding carboxylic acids is 1. The number of rotatable bonds is 8. The summed E-state index contributed by atoms with van der Waals surface area (Å²) >= 11 is 0. The molecule has 166 valence electrons. The molecular weight excluding hydrogens is 400 g/mol. The number of carbonyl (C=O) groups is 1. The molecule has 0 saturated heterocycles. The molecule has 3 rings (SSSR count). The van der Waals surface area contributed by atoms with Crippen molar-refractivity contribution in [1.29, 1.82) is 5.26 Å². The van der Waals surface area contributed by atoms with E-state index in [2.05, 4.69) is 49.5 Å². The zero-order valence-electron chi connectivity index (χ0n) is 19.4. The van der Waals surface area contributed by atoms with Gasteiger partial charge in [-0.05, 0) is 71.7 Å². The van der Waals surface area contributed by atoms with Crippen molar-refractivity contribution in [2.24, 2.45) is 0 Å². The predicted molar refractivity (Wildman–Crippen MR) is 127 cm³/mol. The number of aromatic nitrogens is 3. The first-order valence-electron chi connectivity index (χ1n) is 10.9. The van der Waals surface area contributed by atoms with Crippen LogP contribution in [-0.4, -0.2) is 26.9 Å². The van der Waals surface area contributed by atoms with Gasteiger partial charge in [-0.25, -0.2) is 9.48 Å². The first kappa shape index (κ1) is 23.1. The monoisotopic (exact) mass is 430 g/mol. The molecule has 0 amide bonds. The Balaban J connectivity index is 1.70. The highest BCUT2D eigenvalue weighted by Crippen LogP contribution is 2.26. The fraction of sp³-hybridized carbons (Fsp3) is 0.346. The van der Waals surface area contributed by atoms with Crippen molar-refractivity contribution < 1.29 is 9.53 Å². The number of hydrogen-bond donors (Lipinski definition) is 0. The van der Waals surface area contributed by atoms with E-state index < -0.39 is 5.97 Å². The summed E-state index contributed by atoms with van der Waals surface area (Å²) < 4.78 is 9.09. The topological polar surface area (TPSA) is 72.8 Å². The Hall–Kier alpha value is -3.59. The van der Waals surface area contributed by atoms with Crippen molar-refractivity contribution >= 4 is 16.9 Å². The Labute approximate surface area is 189 Å². The van der Waals surface area contributed by atoms with Crippen LogP contribution >= 0.6 is 0 Å². The summed E-state index contributed by atoms with van der Waals surface area (Å²) in [6, 6.07) is 8.35. The van der Waals surface area contributed by atoms with E-state index in [9.17, 15) is 10.1 Å². The van der Waals surface area contributed by atoms with Crippen molar-refractivity contribution in [3.63, 3.8) is 0 Å². The van der Waals surface area contributed by atoms with Crippen LogP contribution in [0.1, 0.15) is 69.4 Å². The second kappa shape index (κ2) is 10.1. The fourth-order valence-corrected chi connectivity index (χ4v) is 3.50. The molecular formula is C26H30N4O2. The number of hydrogen-bond acceptors (Lipinski definition) is 4. The van der Waals surface area contributed by atoms with Crippen LogP contribution in [0.3, 0.4) is 0 Å². The first-order chi connectivity index (χ1) is 15.3. The maximum Gasteiger partial charge on any atom is 0.341 e. The lowest BCUT2D eigenvalue weighted by molar-refractivity contribution is 0.0549. The van der Waals surface area contributed by atoms with Gasteiger partial charge in [0.1, 0.15) is 12.7 Å². The maximum absolute atomic E-state index is 12.4. The highest BCUT2D eigenvalue weighted by Gasteiger charge is 2.14. The van der Waals surface area contributed by atoms with Crippen molar-refractivity contribution in [2.45, 2.75) is 53.5 Å². The zero-order valence-corrected chi connectivity index (χ0v) is 19.4. The van der Waals surface area contributed by atoms with Crippen molar-refractivity contribution in [3.05, 3.63) is 71.2 Å². The molecule has 0 fully saturated rings. The number of fused-ring (bicyclic) bond motifs is 1. The molecule has 1 aromatic carbocycles. The summed E-state index contributed by atoms with van der Waals surface area (Å²) in [6.45, 7) is 10.6. The van der Waals surface area contributed by atoms with E-state index in [1.807, 2.05) is 37.4 Å². The SMILES string of the molecule is CC(C)=CCC/C(C)=C/COC(=O)c1cnn(-c2ccc3c(c2)c(C#N)cn3C(C)C)c1. The molecule has 0 aliphatic carbocycles. The Morgan fingerprint density at radius 1 is 1.22 bits per heavy atom. The van der Waals surface area contributed by atoms with E-state index in [-0.39, 0.29) is 12.6 Å². The first-order valence-corrected chi connectivity index (χ1v) is 10.9. The van der Waals surface area contributed by atoms with Crippen molar-refractivity contribution in [2.75, 3.05) is 6.61 Å². The summed E-state index contributed by atoms with van der Waals surface area (Å²) in [7, 11) is 0. The maximum atomic E-state index is 12.4. The van der Waals surface area contributed by atoms with Crippen LogP contribution in [-0.2, 0) is 4.74 Å². The molecule has 0 unspecified atom stereocenters. The lowest BCUT2D eigenvalue weighted by Crippen LogP contribution is -2.04. The summed E-state index contributed by atoms with van der Waals surface area (Å²) in [5.41, 5.74) is 5.29. The van der Waals surface area contributed by atoms with Gasteiger partial charge in [-0.1, -0.05) is 17.2 Å². The lowest BCUT2D eigenvalue weighted by atomic mass is 10.1. The Kier molecular flexibility index (Phi) is 7.32. The van der Waals surface area contributed by atoms with Gasteiger partial charge >= 0.3 is 5.97 Å². The van der Waals surface area contributed by atoms with Gasteiger partial charge in [-0.2, -0.15) is 10.4 Å². The van der Waals surface area contributed by atoms with Crippen LogP contribution in [0.15, 0.2) is 60.1 Å². The standard InChI is InChI=1S/C26H30N4O2/c1-18(2)7-6-8-20(5)11-12-32-26(31)22-15-28-30(17-22)23-9-10-25-24(13-23)21(14-27)16-29(25)19(3)4/h7,9-11,13,15-17,19H,6,8,12H2,1-5H3/b20-11+. The highest BCUT2D eigenvalue weighted by atomic mass is 16.5. The molecule has 2 aromatic heterocycles. The molecule has 2 heterocycles. The van der Waals surface area contributed by atoms with Gasteiger partial charge in [0, 0.05) is 29.3 Å². The van der Waals surface area contributed by atoms with Gasteiger partial charge in [0.25, 0.3) is 0 Å². The van der Waals surface area contributed by atoms with E-state index in [1.165, 1.54) is 17.3 Å². The van der Waals surface area contributed by atoms with Crippen LogP contribution in [0.4, 0.5) is 0 Å². The zero-order chi connectivity index (χ0) is 23.3. The molecule has 3 aromatic rings. The summed E-state index contributed by atoms with van der Waals surface area (Å²) in [6.07, 6.45) is 11.1. The van der Waals surface area contributed by atoms with E-state index >= 15 is 0 Å². The van der Waals surface area contributed by atoms with E-state index in [0.717, 1.165) is 29.4 Å². The Morgan fingerprint density at radius 2 is 2.00 bits per heavy atom. The molecule has 32 heavy (non-hydrogen) atoms. The van der Waals surface area contributed by atoms with E-state index in [1.54, 1.807) is 10.9 Å². The minimum Gasteiger partial charge on any atom is -0.458 e. The number of nitriles is 1. The molecule has 0 bridgehead atoms. The van der Waals surface area contributed by atoms with Gasteiger partial charge in [-0.15, -0.1) is 0 Å². The lowest BCUT2D eigenvalue weighted by Gasteiger charge is -2.09. The fourth-order valence-electron chi connectivity index (χ4n) is 3.50. The average Bonchev–Trinajstić information content (AvgIpc) is 3.38. The average molecular weight is 431 g/mol. The third kappa shape index (κ3) is 5.36. The Morgan fingerprint density at radius 3 is 2.69 bits per heavy atom. The van der Waals surface area contributed by atoms with Crippen molar-refractivity contribution in [1.82, 2.24) is 14.3 Å². The molecule has 0 atom stereocenters. The smallest absolute Gasteiger partial charge is 0.341 e. The molecule has 6 nitrogen and oxygen atoms in total. The van der Waals surface area contributed by atoms with Gasteiger partial charge in [0.05, 0.1) is 23.0 Å². The van der Waals surface area contributed by atoms with Crippen LogP contribution < -0.4 is 0 Å². The van der Waals surface area contributed by atoms with E-state index in [4.69, 9.17) is 4.74 Å². The highest BCUT2D eigenvalue weighted by molar-refractivity contribution is 5.90. The second-order valence-corrected chi connectivity index (χ2v) is 8.50. The van der Waals surface area contributed by atoms with E-state index in [0.29, 0.717) is 11.1 Å². The number of benzene rings is 1. The van der Waals surface area contributed by atoms with Crippen LogP contribution in [0.2, 0.25) is 0 Å². The van der Waals surface area contributed by atoms with Crippen LogP contribution in [0, 0.1) is 11.3 Å². The number of esters is 1. The summed E-state index contributed by atoms with van der Waals surface area (Å²) in [4.78, 5) is 12.4. The number of ether oxygens (including phenoxy) is 1. The molecule has 0 N–H and O–H groups in total. The predicted octanol–water partition coefficient (Wildman–Crippen LogP) is 6.13. The second-order valence-electron chi connectivity index (χ2n) is 8.50. The molecule has 0 radical (unpaired) electrons. The molecule has 0 aliphatic heterocycles. The largest absolute Gasteiger partial charge is 0.458 e. The Bertz CT molecular complexity index is 1210. The minimum absolute atomic E-state index is 0.241. The number of allylic oxidation sites excluding steroid dienone is 3. The minimum atomic E-state index is -0.408. The summed E-state index contributed by atoms with van der Waals surface area (Å²) in [5, 5.41) is 14.7. The molecule has 0 saturated carbocycles. The molecule has 0 spiro atoms. The third-order valence-electron chi connectivity index (χ3n) is 5.31. The van der Waals surface area contributed by atoms with Gasteiger partial charge in [0.15, 0.2) is 0 Å². The van der Waals surface area contributed by atoms with Crippen LogP contribution in [0.5, 0.6) is 0 Å². The van der Waals surface area contributed by atoms with Crippen molar-refractivity contribution in [3.8, 4) is 11.8 Å².